The molecule has 0 fully saturated rings. The highest BCUT2D eigenvalue weighted by molar-refractivity contribution is 6.84. The Morgan fingerprint density at radius 1 is 0.536 bits per heavy atom. The Morgan fingerprint density at radius 2 is 0.893 bits per heavy atom. The molecule has 0 aromatic heterocycles. The van der Waals surface area contributed by atoms with Gasteiger partial charge in [0.2, 0.25) is 0 Å². The Hall–Kier alpha value is -2.89. The number of terminal acetylenes is 1. The number of benzene rings is 2. The van der Waals surface area contributed by atoms with Crippen LogP contribution in [0.25, 0.3) is 0 Å². The molecule has 0 N–H and O–H groups in total. The number of rotatable bonds is 0. The zero-order valence-electron chi connectivity index (χ0n) is 17.6. The van der Waals surface area contributed by atoms with Gasteiger partial charge in [0, 0.05) is 27.8 Å². The van der Waals surface area contributed by atoms with Crippen molar-refractivity contribution >= 4 is 16.1 Å². The highest BCUT2D eigenvalue weighted by atomic mass is 28.3. The summed E-state index contributed by atoms with van der Waals surface area (Å²) in [5.74, 6) is 15.8. The van der Waals surface area contributed by atoms with E-state index in [2.05, 4.69) is 98.2 Å². The van der Waals surface area contributed by atoms with Crippen LogP contribution in [0.3, 0.4) is 0 Å². The van der Waals surface area contributed by atoms with Gasteiger partial charge in [0.05, 0.1) is 0 Å². The largest absolute Gasteiger partial charge is 0.129 e. The Morgan fingerprint density at radius 3 is 1.29 bits per heavy atom. The van der Waals surface area contributed by atoms with Crippen LogP contribution < -0.4 is 0 Å². The first-order chi connectivity index (χ1) is 13.0. The molecule has 0 saturated carbocycles. The lowest BCUT2D eigenvalue weighted by molar-refractivity contribution is 1.55. The van der Waals surface area contributed by atoms with Gasteiger partial charge in [-0.05, 0) is 42.5 Å². The zero-order valence-corrected chi connectivity index (χ0v) is 19.6. The van der Waals surface area contributed by atoms with Gasteiger partial charge in [-0.2, -0.15) is 0 Å². The molecule has 0 radical (unpaired) electrons. The van der Waals surface area contributed by atoms with Gasteiger partial charge in [0.1, 0.15) is 16.1 Å². The fourth-order valence-corrected chi connectivity index (χ4v) is 3.20. The molecule has 0 aliphatic rings. The van der Waals surface area contributed by atoms with E-state index in [1.807, 2.05) is 24.3 Å². The molecule has 0 aliphatic heterocycles. The highest BCUT2D eigenvalue weighted by Gasteiger charge is 2.09. The average molecular weight is 395 g/mol. The van der Waals surface area contributed by atoms with E-state index in [0.29, 0.717) is 0 Å². The molecule has 0 heterocycles. The topological polar surface area (TPSA) is 0 Å². The average Bonchev–Trinajstić information content (AvgIpc) is 2.62. The first-order valence-electron chi connectivity index (χ1n) is 9.34. The summed E-state index contributed by atoms with van der Waals surface area (Å²) in [5, 5.41) is 0. The predicted octanol–water partition coefficient (Wildman–Crippen LogP) is 5.53. The smallest absolute Gasteiger partial charge is 0.127 e. The lowest BCUT2D eigenvalue weighted by Gasteiger charge is -2.05. The molecule has 2 aromatic rings. The van der Waals surface area contributed by atoms with Crippen molar-refractivity contribution in [1.29, 1.82) is 0 Å². The summed E-state index contributed by atoms with van der Waals surface area (Å²) in [6.45, 7) is 13.5. The zero-order chi connectivity index (χ0) is 20.8. The van der Waals surface area contributed by atoms with E-state index in [1.165, 1.54) is 0 Å². The van der Waals surface area contributed by atoms with Crippen LogP contribution in [-0.2, 0) is 0 Å². The summed E-state index contributed by atoms with van der Waals surface area (Å²) in [4.78, 5) is 0. The minimum Gasteiger partial charge on any atom is -0.127 e. The molecule has 0 spiro atoms. The van der Waals surface area contributed by atoms with Gasteiger partial charge in [-0.25, -0.2) is 0 Å². The van der Waals surface area contributed by atoms with Crippen LogP contribution in [-0.4, -0.2) is 16.1 Å². The van der Waals surface area contributed by atoms with Crippen molar-refractivity contribution in [2.45, 2.75) is 39.3 Å². The monoisotopic (exact) mass is 394 g/mol. The fourth-order valence-electron chi connectivity index (χ4n) is 2.16. The summed E-state index contributed by atoms with van der Waals surface area (Å²) in [5.41, 5.74) is 11.6. The summed E-state index contributed by atoms with van der Waals surface area (Å²) in [6.07, 6.45) is 5.41. The van der Waals surface area contributed by atoms with Crippen LogP contribution in [0.4, 0.5) is 0 Å². The van der Waals surface area contributed by atoms with Gasteiger partial charge in [0.25, 0.3) is 0 Å². The Labute approximate surface area is 172 Å². The van der Waals surface area contributed by atoms with Crippen molar-refractivity contribution in [3.8, 4) is 47.1 Å². The molecule has 0 nitrogen and oxygen atoms in total. The standard InChI is InChI=1S/C26H26Si2/c1-8-22-9-11-23(12-10-22)13-14-24-19-25(15-17-27(2,3)4)21-26(20-24)16-18-28(5,6)7/h1,9-12,19-21H,2-7H3. The van der Waals surface area contributed by atoms with Crippen LogP contribution >= 0.6 is 0 Å². The molecular weight excluding hydrogens is 368 g/mol. The van der Waals surface area contributed by atoms with E-state index in [9.17, 15) is 0 Å². The van der Waals surface area contributed by atoms with Crippen molar-refractivity contribution in [1.82, 2.24) is 0 Å². The van der Waals surface area contributed by atoms with Crippen molar-refractivity contribution in [2.75, 3.05) is 0 Å². The summed E-state index contributed by atoms with van der Waals surface area (Å²) >= 11 is 0. The van der Waals surface area contributed by atoms with E-state index in [0.717, 1.165) is 27.8 Å². The van der Waals surface area contributed by atoms with Crippen molar-refractivity contribution in [2.24, 2.45) is 0 Å². The third-order valence-corrected chi connectivity index (χ3v) is 5.25. The minimum atomic E-state index is -1.45. The first-order valence-corrected chi connectivity index (χ1v) is 16.3. The lowest BCUT2D eigenvalue weighted by Crippen LogP contribution is -2.16. The summed E-state index contributed by atoms with van der Waals surface area (Å²) < 4.78 is 0. The summed E-state index contributed by atoms with van der Waals surface area (Å²) in [7, 11) is -2.89. The third kappa shape index (κ3) is 7.78. The molecule has 0 saturated heterocycles. The molecule has 2 aromatic carbocycles. The maximum atomic E-state index is 5.41. The van der Waals surface area contributed by atoms with Crippen molar-refractivity contribution in [3.63, 3.8) is 0 Å². The van der Waals surface area contributed by atoms with E-state index in [4.69, 9.17) is 6.42 Å². The van der Waals surface area contributed by atoms with Gasteiger partial charge in [-0.1, -0.05) is 68.9 Å². The molecule has 2 rings (SSSR count). The Balaban J connectivity index is 2.46. The van der Waals surface area contributed by atoms with E-state index >= 15 is 0 Å². The normalized spacial score (nSPS) is 10.3. The number of hydrogen-bond donors (Lipinski definition) is 0. The molecule has 28 heavy (non-hydrogen) atoms. The summed E-state index contributed by atoms with van der Waals surface area (Å²) in [6, 6.07) is 13.9. The van der Waals surface area contributed by atoms with Crippen molar-refractivity contribution in [3.05, 3.63) is 70.3 Å². The first kappa shape index (κ1) is 21.4. The molecule has 0 atom stereocenters. The van der Waals surface area contributed by atoms with Crippen molar-refractivity contribution < 1.29 is 0 Å². The Bertz CT molecular complexity index is 1030. The molecule has 0 amide bonds. The van der Waals surface area contributed by atoms with E-state index < -0.39 is 16.1 Å². The minimum absolute atomic E-state index is 0.859. The van der Waals surface area contributed by atoms with Crippen LogP contribution in [0.5, 0.6) is 0 Å². The van der Waals surface area contributed by atoms with E-state index in [-0.39, 0.29) is 0 Å². The molecule has 138 valence electrons. The fraction of sp³-hybridized carbons (Fsp3) is 0.231. The molecule has 0 aliphatic carbocycles. The molecule has 2 heteroatoms. The van der Waals surface area contributed by atoms with Crippen LogP contribution in [0.2, 0.25) is 39.3 Å². The maximum Gasteiger partial charge on any atom is 0.129 e. The predicted molar refractivity (Wildman–Crippen MR) is 127 cm³/mol. The quantitative estimate of drug-likeness (QED) is 0.407. The van der Waals surface area contributed by atoms with Gasteiger partial charge < -0.3 is 0 Å². The van der Waals surface area contributed by atoms with Gasteiger partial charge in [0.15, 0.2) is 0 Å². The lowest BCUT2D eigenvalue weighted by atomic mass is 10.1. The SMILES string of the molecule is C#Cc1ccc(C#Cc2cc(C#C[Si](C)(C)C)cc(C#C[Si](C)(C)C)c2)cc1. The second-order valence-electron chi connectivity index (χ2n) is 8.77. The van der Waals surface area contributed by atoms with Crippen LogP contribution in [0.1, 0.15) is 27.8 Å². The molecular formula is C26H26Si2. The third-order valence-electron chi connectivity index (χ3n) is 3.50. The Kier molecular flexibility index (Phi) is 6.78. The highest BCUT2D eigenvalue weighted by Crippen LogP contribution is 2.11. The second-order valence-corrected chi connectivity index (χ2v) is 18.3. The van der Waals surface area contributed by atoms with Crippen LogP contribution in [0.15, 0.2) is 42.5 Å². The van der Waals surface area contributed by atoms with Gasteiger partial charge in [-0.15, -0.1) is 17.5 Å². The maximum absolute atomic E-state index is 5.41. The number of hydrogen-bond acceptors (Lipinski definition) is 0. The molecule has 0 bridgehead atoms. The van der Waals surface area contributed by atoms with Crippen LogP contribution in [0, 0.1) is 47.1 Å². The molecule has 0 unspecified atom stereocenters. The van der Waals surface area contributed by atoms with Gasteiger partial charge >= 0.3 is 0 Å². The van der Waals surface area contributed by atoms with E-state index in [1.54, 1.807) is 0 Å². The second kappa shape index (κ2) is 8.87. The van der Waals surface area contributed by atoms with Gasteiger partial charge in [-0.3, -0.25) is 0 Å².